The van der Waals surface area contributed by atoms with E-state index >= 15 is 0 Å². The van der Waals surface area contributed by atoms with Crippen LogP contribution in [-0.4, -0.2) is 43.2 Å². The number of pyridine rings is 1. The molecule has 2 aromatic rings. The summed E-state index contributed by atoms with van der Waals surface area (Å²) in [5, 5.41) is 6.84. The van der Waals surface area contributed by atoms with E-state index in [2.05, 4.69) is 46.8 Å². The highest BCUT2D eigenvalue weighted by Crippen LogP contribution is 2.34. The van der Waals surface area contributed by atoms with Crippen LogP contribution in [0.4, 0.5) is 10.2 Å². The summed E-state index contributed by atoms with van der Waals surface area (Å²) in [5.74, 6) is 1.53. The molecule has 2 unspecified atom stereocenters. The number of aromatic nitrogens is 1. The molecule has 1 aliphatic heterocycles. The highest BCUT2D eigenvalue weighted by molar-refractivity contribution is 14.0. The molecule has 5 nitrogen and oxygen atoms in total. The van der Waals surface area contributed by atoms with Crippen molar-refractivity contribution in [1.82, 2.24) is 15.6 Å². The lowest BCUT2D eigenvalue weighted by Gasteiger charge is -2.29. The number of hydrogen-bond acceptors (Lipinski definition) is 3. The molecule has 1 aromatic carbocycles. The first-order valence-corrected chi connectivity index (χ1v) is 9.72. The Bertz CT molecular complexity index is 828. The summed E-state index contributed by atoms with van der Waals surface area (Å²) < 4.78 is 14.0. The Morgan fingerprint density at radius 3 is 2.93 bits per heavy atom. The summed E-state index contributed by atoms with van der Waals surface area (Å²) in [6.07, 6.45) is 3.68. The Labute approximate surface area is 182 Å². The van der Waals surface area contributed by atoms with Crippen molar-refractivity contribution in [2.45, 2.75) is 31.7 Å². The zero-order chi connectivity index (χ0) is 18.6. The van der Waals surface area contributed by atoms with Crippen molar-refractivity contribution in [3.05, 3.63) is 59.5 Å². The minimum atomic E-state index is -0.262. The van der Waals surface area contributed by atoms with E-state index in [0.29, 0.717) is 11.7 Å². The summed E-state index contributed by atoms with van der Waals surface area (Å²) in [6.45, 7) is 5.20. The molecule has 7 heteroatoms. The second-order valence-electron chi connectivity index (χ2n) is 7.20. The van der Waals surface area contributed by atoms with Gasteiger partial charge in [0.25, 0.3) is 0 Å². The van der Waals surface area contributed by atoms with Gasteiger partial charge >= 0.3 is 0 Å². The number of hydrogen-bond donors (Lipinski definition) is 2. The SMILES string of the molecule is CCNC(=NCC1Cc2ccccc21)NC1CCN(c2ncccc2F)C1.I. The van der Waals surface area contributed by atoms with Crippen molar-refractivity contribution in [3.63, 3.8) is 0 Å². The largest absolute Gasteiger partial charge is 0.357 e. The molecule has 0 bridgehead atoms. The fourth-order valence-electron chi connectivity index (χ4n) is 3.92. The first-order chi connectivity index (χ1) is 13.2. The number of aliphatic imine (C=N–C) groups is 1. The fraction of sp³-hybridized carbons (Fsp3) is 0.429. The highest BCUT2D eigenvalue weighted by atomic mass is 127. The smallest absolute Gasteiger partial charge is 0.191 e. The maximum atomic E-state index is 14.0. The van der Waals surface area contributed by atoms with Crippen LogP contribution in [0.3, 0.4) is 0 Å². The first kappa shape index (κ1) is 20.8. The second kappa shape index (κ2) is 9.54. The molecule has 0 spiro atoms. The number of rotatable bonds is 5. The average molecular weight is 495 g/mol. The van der Waals surface area contributed by atoms with Gasteiger partial charge in [0.15, 0.2) is 17.6 Å². The molecule has 2 heterocycles. The Balaban J connectivity index is 0.00000225. The molecule has 150 valence electrons. The van der Waals surface area contributed by atoms with Gasteiger partial charge in [0.1, 0.15) is 0 Å². The van der Waals surface area contributed by atoms with E-state index in [1.807, 2.05) is 4.90 Å². The van der Waals surface area contributed by atoms with Crippen LogP contribution < -0.4 is 15.5 Å². The highest BCUT2D eigenvalue weighted by Gasteiger charge is 2.27. The standard InChI is InChI=1S/C21H26FN5.HI/c1-2-23-21(25-13-16-12-15-6-3-4-7-18(15)16)26-17-9-11-27(14-17)20-19(22)8-5-10-24-20;/h3-8,10,16-17H,2,9,11-14H2,1H3,(H2,23,25,26);1H. The van der Waals surface area contributed by atoms with E-state index < -0.39 is 0 Å². The van der Waals surface area contributed by atoms with Crippen LogP contribution in [0.5, 0.6) is 0 Å². The third kappa shape index (κ3) is 4.56. The van der Waals surface area contributed by atoms with Crippen LogP contribution in [0.15, 0.2) is 47.6 Å². The number of benzene rings is 1. The van der Waals surface area contributed by atoms with Crippen molar-refractivity contribution in [2.24, 2.45) is 4.99 Å². The van der Waals surface area contributed by atoms with E-state index in [-0.39, 0.29) is 35.8 Å². The lowest BCUT2D eigenvalue weighted by Crippen LogP contribution is -2.45. The van der Waals surface area contributed by atoms with Crippen LogP contribution in [0.2, 0.25) is 0 Å². The summed E-state index contributed by atoms with van der Waals surface area (Å²) in [4.78, 5) is 11.0. The molecular formula is C21H27FIN5. The van der Waals surface area contributed by atoms with E-state index in [1.54, 1.807) is 12.3 Å². The van der Waals surface area contributed by atoms with Gasteiger partial charge in [-0.1, -0.05) is 24.3 Å². The molecule has 28 heavy (non-hydrogen) atoms. The van der Waals surface area contributed by atoms with Crippen molar-refractivity contribution >= 4 is 35.8 Å². The van der Waals surface area contributed by atoms with E-state index in [1.165, 1.54) is 17.2 Å². The topological polar surface area (TPSA) is 52.6 Å². The van der Waals surface area contributed by atoms with Crippen molar-refractivity contribution in [2.75, 3.05) is 31.1 Å². The molecule has 2 atom stereocenters. The molecule has 0 amide bonds. The van der Waals surface area contributed by atoms with Crippen LogP contribution in [0.1, 0.15) is 30.4 Å². The zero-order valence-electron chi connectivity index (χ0n) is 16.1. The molecule has 1 saturated heterocycles. The first-order valence-electron chi connectivity index (χ1n) is 9.72. The predicted octanol–water partition coefficient (Wildman–Crippen LogP) is 3.31. The number of fused-ring (bicyclic) bond motifs is 1. The quantitative estimate of drug-likeness (QED) is 0.380. The molecule has 4 rings (SSSR count). The molecule has 0 radical (unpaired) electrons. The Kier molecular flexibility index (Phi) is 7.09. The van der Waals surface area contributed by atoms with E-state index in [4.69, 9.17) is 4.99 Å². The van der Waals surface area contributed by atoms with Gasteiger partial charge < -0.3 is 15.5 Å². The van der Waals surface area contributed by atoms with Crippen molar-refractivity contribution in [3.8, 4) is 0 Å². The van der Waals surface area contributed by atoms with Crippen LogP contribution in [0, 0.1) is 5.82 Å². The molecule has 2 aliphatic rings. The summed E-state index contributed by atoms with van der Waals surface area (Å²) in [6, 6.07) is 11.9. The van der Waals surface area contributed by atoms with Crippen molar-refractivity contribution < 1.29 is 4.39 Å². The second-order valence-corrected chi connectivity index (χ2v) is 7.20. The molecule has 0 saturated carbocycles. The monoisotopic (exact) mass is 495 g/mol. The normalized spacial score (nSPS) is 20.8. The van der Waals surface area contributed by atoms with Crippen LogP contribution in [0.25, 0.3) is 0 Å². The van der Waals surface area contributed by atoms with Gasteiger partial charge in [-0.05, 0) is 43.0 Å². The number of anilines is 1. The number of guanidine groups is 1. The Morgan fingerprint density at radius 1 is 1.29 bits per heavy atom. The molecule has 2 N–H and O–H groups in total. The summed E-state index contributed by atoms with van der Waals surface area (Å²) >= 11 is 0. The molecule has 1 aromatic heterocycles. The number of nitrogens with one attached hydrogen (secondary N) is 2. The maximum absolute atomic E-state index is 14.0. The van der Waals surface area contributed by atoms with Gasteiger partial charge in [0, 0.05) is 44.3 Å². The average Bonchev–Trinajstić information content (AvgIpc) is 3.11. The van der Waals surface area contributed by atoms with Gasteiger partial charge in [-0.25, -0.2) is 9.37 Å². The van der Waals surface area contributed by atoms with Crippen LogP contribution in [-0.2, 0) is 6.42 Å². The molecule has 1 aliphatic carbocycles. The van der Waals surface area contributed by atoms with Gasteiger partial charge in [0.05, 0.1) is 0 Å². The minimum Gasteiger partial charge on any atom is -0.357 e. The van der Waals surface area contributed by atoms with Crippen molar-refractivity contribution in [1.29, 1.82) is 0 Å². The van der Waals surface area contributed by atoms with Gasteiger partial charge in [-0.15, -0.1) is 24.0 Å². The lowest BCUT2D eigenvalue weighted by atomic mass is 9.78. The lowest BCUT2D eigenvalue weighted by molar-refractivity contribution is 0.602. The third-order valence-corrected chi connectivity index (χ3v) is 5.34. The van der Waals surface area contributed by atoms with Gasteiger partial charge in [-0.2, -0.15) is 0 Å². The van der Waals surface area contributed by atoms with Crippen LogP contribution >= 0.6 is 24.0 Å². The fourth-order valence-corrected chi connectivity index (χ4v) is 3.92. The Morgan fingerprint density at radius 2 is 2.14 bits per heavy atom. The van der Waals surface area contributed by atoms with Gasteiger partial charge in [-0.3, -0.25) is 4.99 Å². The summed E-state index contributed by atoms with van der Waals surface area (Å²) in [5.41, 5.74) is 2.87. The molecule has 1 fully saturated rings. The number of nitrogens with zero attached hydrogens (tertiary/aromatic N) is 3. The maximum Gasteiger partial charge on any atom is 0.191 e. The minimum absolute atomic E-state index is 0. The van der Waals surface area contributed by atoms with E-state index in [9.17, 15) is 4.39 Å². The zero-order valence-corrected chi connectivity index (χ0v) is 18.4. The Hall–Kier alpha value is -1.90. The number of halogens is 2. The molecular weight excluding hydrogens is 468 g/mol. The predicted molar refractivity (Wildman–Crippen MR) is 122 cm³/mol. The third-order valence-electron chi connectivity index (χ3n) is 5.34. The van der Waals surface area contributed by atoms with Gasteiger partial charge in [0.2, 0.25) is 0 Å². The summed E-state index contributed by atoms with van der Waals surface area (Å²) in [7, 11) is 0. The van der Waals surface area contributed by atoms with E-state index in [0.717, 1.165) is 45.0 Å².